The molecule has 5 nitrogen and oxygen atoms in total. The van der Waals surface area contributed by atoms with Crippen molar-refractivity contribution in [2.75, 3.05) is 11.9 Å². The summed E-state index contributed by atoms with van der Waals surface area (Å²) in [6.07, 6.45) is 3.40. The average molecular weight is 392 g/mol. The second-order valence-electron chi connectivity index (χ2n) is 7.21. The number of rotatable bonds is 7. The summed E-state index contributed by atoms with van der Waals surface area (Å²) >= 11 is 0. The van der Waals surface area contributed by atoms with Crippen LogP contribution in [-0.2, 0) is 6.42 Å². The normalized spacial score (nSPS) is 10.8. The fourth-order valence-electron chi connectivity index (χ4n) is 3.08. The van der Waals surface area contributed by atoms with Crippen LogP contribution in [-0.4, -0.2) is 22.4 Å². The third-order valence-corrected chi connectivity index (χ3v) is 4.72. The molecule has 0 aliphatic rings. The molecule has 2 aromatic carbocycles. The van der Waals surface area contributed by atoms with Gasteiger partial charge in [-0.2, -0.15) is 0 Å². The molecule has 0 unspecified atom stereocenters. The van der Waals surface area contributed by atoms with E-state index in [0.29, 0.717) is 36.0 Å². The van der Waals surface area contributed by atoms with Gasteiger partial charge in [-0.1, -0.05) is 50.2 Å². The maximum atomic E-state index is 13.6. The summed E-state index contributed by atoms with van der Waals surface area (Å²) in [5.41, 5.74) is 4.21. The number of anilines is 2. The lowest BCUT2D eigenvalue weighted by molar-refractivity contribution is 0.0953. The number of carbonyl (C=O) groups excluding carboxylic acids is 1. The number of carbonyl (C=O) groups is 1. The van der Waals surface area contributed by atoms with Gasteiger partial charge in [-0.25, -0.2) is 14.4 Å². The number of nitrogens with one attached hydrogen (secondary N) is 2. The van der Waals surface area contributed by atoms with Crippen LogP contribution in [0, 0.1) is 12.7 Å². The number of nitrogens with zero attached hydrogens (tertiary/aromatic N) is 2. The first-order chi connectivity index (χ1) is 14.0. The van der Waals surface area contributed by atoms with Crippen molar-refractivity contribution in [2.45, 2.75) is 33.1 Å². The Hall–Kier alpha value is -3.28. The Morgan fingerprint density at radius 2 is 1.79 bits per heavy atom. The van der Waals surface area contributed by atoms with Crippen molar-refractivity contribution in [2.24, 2.45) is 0 Å². The van der Waals surface area contributed by atoms with Crippen molar-refractivity contribution >= 4 is 17.5 Å². The Morgan fingerprint density at radius 3 is 2.48 bits per heavy atom. The molecule has 3 rings (SSSR count). The molecule has 3 aromatic rings. The molecule has 0 saturated heterocycles. The minimum absolute atomic E-state index is 0.266. The molecule has 0 spiro atoms. The lowest BCUT2D eigenvalue weighted by Crippen LogP contribution is -2.26. The summed E-state index contributed by atoms with van der Waals surface area (Å²) in [6.45, 7) is 6.64. The molecule has 0 saturated carbocycles. The van der Waals surface area contributed by atoms with Crippen molar-refractivity contribution in [1.82, 2.24) is 15.3 Å². The van der Waals surface area contributed by atoms with Crippen LogP contribution in [0.1, 0.15) is 46.8 Å². The van der Waals surface area contributed by atoms with Crippen molar-refractivity contribution in [3.05, 3.63) is 82.9 Å². The lowest BCUT2D eigenvalue weighted by atomic mass is 9.98. The van der Waals surface area contributed by atoms with Crippen molar-refractivity contribution in [1.29, 1.82) is 0 Å². The van der Waals surface area contributed by atoms with Gasteiger partial charge >= 0.3 is 0 Å². The van der Waals surface area contributed by atoms with Crippen LogP contribution in [0.2, 0.25) is 0 Å². The molecule has 6 heteroatoms. The quantitative estimate of drug-likeness (QED) is 0.608. The molecule has 0 aliphatic heterocycles. The van der Waals surface area contributed by atoms with E-state index in [2.05, 4.69) is 40.5 Å². The van der Waals surface area contributed by atoms with E-state index in [-0.39, 0.29) is 11.7 Å². The maximum Gasteiger partial charge on any atom is 0.254 e. The van der Waals surface area contributed by atoms with Crippen LogP contribution < -0.4 is 10.6 Å². The van der Waals surface area contributed by atoms with Crippen LogP contribution in [0.3, 0.4) is 0 Å². The SMILES string of the molecule is Cc1cccc(C(C)C)c1Nc1ncc(C(=O)NCCc2ccccc2F)cn1. The van der Waals surface area contributed by atoms with Gasteiger partial charge in [0.25, 0.3) is 5.91 Å². The molecule has 29 heavy (non-hydrogen) atoms. The van der Waals surface area contributed by atoms with E-state index in [1.165, 1.54) is 24.0 Å². The molecule has 1 aromatic heterocycles. The Balaban J connectivity index is 1.62. The summed E-state index contributed by atoms with van der Waals surface area (Å²) in [6, 6.07) is 12.7. The molecule has 0 fully saturated rings. The van der Waals surface area contributed by atoms with Crippen LogP contribution in [0.4, 0.5) is 16.0 Å². The smallest absolute Gasteiger partial charge is 0.254 e. The summed E-state index contributed by atoms with van der Waals surface area (Å²) < 4.78 is 13.6. The average Bonchev–Trinajstić information content (AvgIpc) is 2.71. The minimum atomic E-state index is -0.286. The van der Waals surface area contributed by atoms with E-state index in [9.17, 15) is 9.18 Å². The standard InChI is InChI=1S/C23H25FN4O/c1-15(2)19-9-6-7-16(3)21(19)28-23-26-13-18(14-27-23)22(29)25-12-11-17-8-4-5-10-20(17)24/h4-10,13-15H,11-12H2,1-3H3,(H,25,29)(H,26,27,28). The molecule has 150 valence electrons. The first-order valence-corrected chi connectivity index (χ1v) is 9.66. The molecular weight excluding hydrogens is 367 g/mol. The predicted octanol–water partition coefficient (Wildman–Crippen LogP) is 4.76. The molecule has 1 heterocycles. The Bertz CT molecular complexity index is 986. The number of hydrogen-bond donors (Lipinski definition) is 2. The third kappa shape index (κ3) is 5.16. The number of para-hydroxylation sites is 1. The minimum Gasteiger partial charge on any atom is -0.352 e. The fourth-order valence-corrected chi connectivity index (χ4v) is 3.08. The highest BCUT2D eigenvalue weighted by Crippen LogP contribution is 2.29. The van der Waals surface area contributed by atoms with E-state index in [0.717, 1.165) is 11.3 Å². The number of aryl methyl sites for hydroxylation is 1. The number of benzene rings is 2. The van der Waals surface area contributed by atoms with Gasteiger partial charge in [0.2, 0.25) is 5.95 Å². The van der Waals surface area contributed by atoms with Crippen LogP contribution in [0.25, 0.3) is 0 Å². The Morgan fingerprint density at radius 1 is 1.07 bits per heavy atom. The zero-order valence-electron chi connectivity index (χ0n) is 16.9. The zero-order valence-corrected chi connectivity index (χ0v) is 16.9. The fraction of sp³-hybridized carbons (Fsp3) is 0.261. The van der Waals surface area contributed by atoms with Crippen LogP contribution >= 0.6 is 0 Å². The van der Waals surface area contributed by atoms with Crippen LogP contribution in [0.5, 0.6) is 0 Å². The predicted molar refractivity (Wildman–Crippen MR) is 113 cm³/mol. The molecule has 0 bridgehead atoms. The monoisotopic (exact) mass is 392 g/mol. The Kier molecular flexibility index (Phi) is 6.54. The Labute approximate surface area is 170 Å². The maximum absolute atomic E-state index is 13.6. The summed E-state index contributed by atoms with van der Waals surface area (Å²) in [7, 11) is 0. The third-order valence-electron chi connectivity index (χ3n) is 4.72. The molecule has 1 amide bonds. The highest BCUT2D eigenvalue weighted by atomic mass is 19.1. The second-order valence-corrected chi connectivity index (χ2v) is 7.21. The molecule has 0 radical (unpaired) electrons. The number of amides is 1. The van der Waals surface area contributed by atoms with E-state index in [4.69, 9.17) is 0 Å². The highest BCUT2D eigenvalue weighted by Gasteiger charge is 2.12. The van der Waals surface area contributed by atoms with Gasteiger partial charge in [0, 0.05) is 24.6 Å². The van der Waals surface area contributed by atoms with Gasteiger partial charge < -0.3 is 10.6 Å². The van der Waals surface area contributed by atoms with Gasteiger partial charge in [0.1, 0.15) is 5.82 Å². The molecular formula is C23H25FN4O. The second kappa shape index (κ2) is 9.28. The summed E-state index contributed by atoms with van der Waals surface area (Å²) in [4.78, 5) is 20.8. The molecule has 2 N–H and O–H groups in total. The van der Waals surface area contributed by atoms with Crippen molar-refractivity contribution in [3.63, 3.8) is 0 Å². The topological polar surface area (TPSA) is 66.9 Å². The summed E-state index contributed by atoms with van der Waals surface area (Å²) in [5.74, 6) is 0.241. The lowest BCUT2D eigenvalue weighted by Gasteiger charge is -2.16. The van der Waals surface area contributed by atoms with Gasteiger partial charge in [-0.05, 0) is 42.0 Å². The van der Waals surface area contributed by atoms with Gasteiger partial charge in [0.15, 0.2) is 0 Å². The van der Waals surface area contributed by atoms with Crippen molar-refractivity contribution < 1.29 is 9.18 Å². The van der Waals surface area contributed by atoms with E-state index >= 15 is 0 Å². The highest BCUT2D eigenvalue weighted by molar-refractivity contribution is 5.93. The summed E-state index contributed by atoms with van der Waals surface area (Å²) in [5, 5.41) is 6.03. The first kappa shape index (κ1) is 20.5. The van der Waals surface area contributed by atoms with Gasteiger partial charge in [0.05, 0.1) is 5.56 Å². The zero-order chi connectivity index (χ0) is 20.8. The van der Waals surface area contributed by atoms with Gasteiger partial charge in [-0.15, -0.1) is 0 Å². The largest absolute Gasteiger partial charge is 0.352 e. The van der Waals surface area contributed by atoms with E-state index < -0.39 is 0 Å². The molecule has 0 atom stereocenters. The van der Waals surface area contributed by atoms with Crippen molar-refractivity contribution in [3.8, 4) is 0 Å². The number of hydrogen-bond acceptors (Lipinski definition) is 4. The van der Waals surface area contributed by atoms with Crippen LogP contribution in [0.15, 0.2) is 54.9 Å². The number of aromatic nitrogens is 2. The van der Waals surface area contributed by atoms with Gasteiger partial charge in [-0.3, -0.25) is 4.79 Å². The molecule has 0 aliphatic carbocycles. The van der Waals surface area contributed by atoms with E-state index in [1.807, 2.05) is 19.1 Å². The first-order valence-electron chi connectivity index (χ1n) is 9.66. The van der Waals surface area contributed by atoms with E-state index in [1.54, 1.807) is 18.2 Å². The number of halogens is 1.